The summed E-state index contributed by atoms with van der Waals surface area (Å²) in [4.78, 5) is 0. The molecule has 0 aliphatic rings. The molecule has 0 aromatic heterocycles. The third-order valence-corrected chi connectivity index (χ3v) is 3.30. The average molecular weight is 244 g/mol. The van der Waals surface area contributed by atoms with E-state index in [0.29, 0.717) is 18.4 Å². The molecule has 2 aromatic rings. The van der Waals surface area contributed by atoms with Crippen molar-refractivity contribution in [2.45, 2.75) is 25.4 Å². The van der Waals surface area contributed by atoms with E-state index in [1.807, 2.05) is 37.3 Å². The zero-order valence-electron chi connectivity index (χ0n) is 10.4. The monoisotopic (exact) mass is 244 g/mol. The number of halogens is 1. The van der Waals surface area contributed by atoms with Gasteiger partial charge >= 0.3 is 0 Å². The summed E-state index contributed by atoms with van der Waals surface area (Å²) in [6, 6.07) is 16.1. The lowest BCUT2D eigenvalue weighted by Gasteiger charge is -2.28. The van der Waals surface area contributed by atoms with Crippen LogP contribution in [0.5, 0.6) is 0 Å². The minimum atomic E-state index is -1.15. The van der Waals surface area contributed by atoms with Crippen LogP contribution in [-0.2, 0) is 12.0 Å². The first-order valence-corrected chi connectivity index (χ1v) is 6.17. The van der Waals surface area contributed by atoms with E-state index in [0.717, 1.165) is 5.56 Å². The normalized spacial score (nSPS) is 14.2. The zero-order valence-corrected chi connectivity index (χ0v) is 10.4. The van der Waals surface area contributed by atoms with Gasteiger partial charge in [-0.1, -0.05) is 55.5 Å². The maximum absolute atomic E-state index is 13.8. The summed E-state index contributed by atoms with van der Waals surface area (Å²) in [6.07, 6.45) is 0.897. The predicted octanol–water partition coefficient (Wildman–Crippen LogP) is 3.67. The summed E-state index contributed by atoms with van der Waals surface area (Å²) in [5.74, 6) is -0.349. The summed E-state index contributed by atoms with van der Waals surface area (Å²) in [5, 5.41) is 10.7. The molecule has 0 amide bonds. The van der Waals surface area contributed by atoms with Gasteiger partial charge in [-0.2, -0.15) is 0 Å². The molecule has 0 bridgehead atoms. The molecule has 0 saturated carbocycles. The van der Waals surface area contributed by atoms with Crippen LogP contribution >= 0.6 is 0 Å². The number of aliphatic hydroxyl groups is 1. The Balaban J connectivity index is 2.34. The molecule has 0 spiro atoms. The van der Waals surface area contributed by atoms with Crippen LogP contribution in [0.3, 0.4) is 0 Å². The maximum atomic E-state index is 13.8. The van der Waals surface area contributed by atoms with Gasteiger partial charge in [-0.05, 0) is 18.1 Å². The lowest BCUT2D eigenvalue weighted by molar-refractivity contribution is 0.0292. The quantitative estimate of drug-likeness (QED) is 0.870. The van der Waals surface area contributed by atoms with Gasteiger partial charge in [0.1, 0.15) is 5.82 Å². The van der Waals surface area contributed by atoms with Crippen LogP contribution in [0, 0.1) is 5.82 Å². The minimum absolute atomic E-state index is 0.349. The van der Waals surface area contributed by atoms with Crippen LogP contribution in [0.25, 0.3) is 0 Å². The van der Waals surface area contributed by atoms with Crippen LogP contribution in [0.2, 0.25) is 0 Å². The third-order valence-electron chi connectivity index (χ3n) is 3.30. The molecule has 2 heteroatoms. The van der Waals surface area contributed by atoms with E-state index < -0.39 is 5.60 Å². The average Bonchev–Trinajstić information content (AvgIpc) is 2.40. The van der Waals surface area contributed by atoms with E-state index >= 15 is 0 Å². The van der Waals surface area contributed by atoms with E-state index in [-0.39, 0.29) is 5.82 Å². The highest BCUT2D eigenvalue weighted by atomic mass is 19.1. The number of benzene rings is 2. The highest BCUT2D eigenvalue weighted by Crippen LogP contribution is 2.30. The number of hydrogen-bond acceptors (Lipinski definition) is 1. The Hall–Kier alpha value is -1.67. The standard InChI is InChI=1S/C16H17FO/c1-2-16(18,12-13-8-4-3-5-9-13)14-10-6-7-11-15(14)17/h3-11,18H,2,12H2,1H3. The largest absolute Gasteiger partial charge is 0.385 e. The molecule has 0 fully saturated rings. The zero-order chi connectivity index (χ0) is 13.0. The topological polar surface area (TPSA) is 20.2 Å². The smallest absolute Gasteiger partial charge is 0.129 e. The molecule has 18 heavy (non-hydrogen) atoms. The van der Waals surface area contributed by atoms with Crippen molar-refractivity contribution in [3.63, 3.8) is 0 Å². The minimum Gasteiger partial charge on any atom is -0.385 e. The van der Waals surface area contributed by atoms with Crippen molar-refractivity contribution in [2.75, 3.05) is 0 Å². The third kappa shape index (κ3) is 2.59. The Morgan fingerprint density at radius 3 is 2.22 bits per heavy atom. The van der Waals surface area contributed by atoms with E-state index in [4.69, 9.17) is 0 Å². The van der Waals surface area contributed by atoms with E-state index in [2.05, 4.69) is 0 Å². The Bertz CT molecular complexity index is 510. The van der Waals surface area contributed by atoms with Gasteiger partial charge in [0, 0.05) is 12.0 Å². The molecule has 2 rings (SSSR count). The number of rotatable bonds is 4. The highest BCUT2D eigenvalue weighted by Gasteiger charge is 2.30. The SMILES string of the molecule is CCC(O)(Cc1ccccc1)c1ccccc1F. The van der Waals surface area contributed by atoms with Crippen molar-refractivity contribution in [3.05, 3.63) is 71.5 Å². The molecule has 1 N–H and O–H groups in total. The van der Waals surface area contributed by atoms with Gasteiger partial charge in [-0.3, -0.25) is 0 Å². The Labute approximate surface area is 107 Å². The lowest BCUT2D eigenvalue weighted by atomic mass is 9.85. The Morgan fingerprint density at radius 2 is 1.61 bits per heavy atom. The van der Waals surface area contributed by atoms with Crippen molar-refractivity contribution in [3.8, 4) is 0 Å². The van der Waals surface area contributed by atoms with Crippen LogP contribution in [0.15, 0.2) is 54.6 Å². The van der Waals surface area contributed by atoms with E-state index in [1.54, 1.807) is 18.2 Å². The molecule has 1 atom stereocenters. The predicted molar refractivity (Wildman–Crippen MR) is 70.7 cm³/mol. The first-order valence-electron chi connectivity index (χ1n) is 6.17. The van der Waals surface area contributed by atoms with Crippen molar-refractivity contribution >= 4 is 0 Å². The van der Waals surface area contributed by atoms with Crippen LogP contribution in [-0.4, -0.2) is 5.11 Å². The fourth-order valence-electron chi connectivity index (χ4n) is 2.18. The summed E-state index contributed by atoms with van der Waals surface area (Å²) in [5.41, 5.74) is 0.230. The van der Waals surface area contributed by atoms with Gasteiger partial charge < -0.3 is 5.11 Å². The molecule has 0 heterocycles. The van der Waals surface area contributed by atoms with Gasteiger partial charge in [0.2, 0.25) is 0 Å². The number of hydrogen-bond donors (Lipinski definition) is 1. The molecule has 1 unspecified atom stereocenters. The van der Waals surface area contributed by atoms with Crippen LogP contribution in [0.4, 0.5) is 4.39 Å². The van der Waals surface area contributed by atoms with Gasteiger partial charge in [0.15, 0.2) is 0 Å². The molecule has 0 radical (unpaired) electrons. The highest BCUT2D eigenvalue weighted by molar-refractivity contribution is 5.28. The van der Waals surface area contributed by atoms with Crippen LogP contribution in [0.1, 0.15) is 24.5 Å². The van der Waals surface area contributed by atoms with E-state index in [9.17, 15) is 9.50 Å². The molecule has 0 saturated heterocycles. The van der Waals surface area contributed by atoms with Gasteiger partial charge in [-0.15, -0.1) is 0 Å². The molecule has 94 valence electrons. The lowest BCUT2D eigenvalue weighted by Crippen LogP contribution is -2.28. The van der Waals surface area contributed by atoms with Gasteiger partial charge in [0.05, 0.1) is 5.60 Å². The van der Waals surface area contributed by atoms with Crippen molar-refractivity contribution in [1.82, 2.24) is 0 Å². The molecule has 2 aromatic carbocycles. The van der Waals surface area contributed by atoms with Crippen molar-refractivity contribution < 1.29 is 9.50 Å². The van der Waals surface area contributed by atoms with Crippen LogP contribution < -0.4 is 0 Å². The molecular formula is C16H17FO. The fourth-order valence-corrected chi connectivity index (χ4v) is 2.18. The molecular weight excluding hydrogens is 227 g/mol. The van der Waals surface area contributed by atoms with Gasteiger partial charge in [0.25, 0.3) is 0 Å². The Kier molecular flexibility index (Phi) is 3.78. The Morgan fingerprint density at radius 1 is 1.00 bits per heavy atom. The summed E-state index contributed by atoms with van der Waals surface area (Å²) < 4.78 is 13.8. The first kappa shape index (κ1) is 12.8. The first-order chi connectivity index (χ1) is 8.65. The summed E-state index contributed by atoms with van der Waals surface area (Å²) in [6.45, 7) is 1.87. The molecule has 0 aliphatic carbocycles. The molecule has 0 aliphatic heterocycles. The maximum Gasteiger partial charge on any atom is 0.129 e. The second kappa shape index (κ2) is 5.32. The summed E-state index contributed by atoms with van der Waals surface area (Å²) in [7, 11) is 0. The van der Waals surface area contributed by atoms with Crippen molar-refractivity contribution in [2.24, 2.45) is 0 Å². The van der Waals surface area contributed by atoms with Gasteiger partial charge in [-0.25, -0.2) is 4.39 Å². The summed E-state index contributed by atoms with van der Waals surface area (Å²) >= 11 is 0. The second-order valence-electron chi connectivity index (χ2n) is 4.53. The van der Waals surface area contributed by atoms with E-state index in [1.165, 1.54) is 6.07 Å². The second-order valence-corrected chi connectivity index (χ2v) is 4.53. The van der Waals surface area contributed by atoms with Crippen molar-refractivity contribution in [1.29, 1.82) is 0 Å². The molecule has 1 nitrogen and oxygen atoms in total. The fraction of sp³-hybridized carbons (Fsp3) is 0.250.